The Hall–Kier alpha value is -2.11. The summed E-state index contributed by atoms with van der Waals surface area (Å²) in [6, 6.07) is 6.51. The Balaban J connectivity index is 1.53. The zero-order chi connectivity index (χ0) is 17.6. The number of carbonyl (C=O) groups excluding carboxylic acids is 2. The van der Waals surface area contributed by atoms with E-state index in [0.29, 0.717) is 12.0 Å². The van der Waals surface area contributed by atoms with Gasteiger partial charge in [-0.1, -0.05) is 18.2 Å². The smallest absolute Gasteiger partial charge is 0.317 e. The Kier molecular flexibility index (Phi) is 5.89. The zero-order valence-electron chi connectivity index (χ0n) is 14.5. The number of likely N-dealkylation sites (tertiary alicyclic amines) is 2. The van der Waals surface area contributed by atoms with Crippen LogP contribution in [0.1, 0.15) is 44.1 Å². The Morgan fingerprint density at radius 3 is 2.80 bits per heavy atom. The molecule has 136 valence electrons. The quantitative estimate of drug-likeness (QED) is 0.890. The summed E-state index contributed by atoms with van der Waals surface area (Å²) in [4.78, 5) is 28.1. The first-order valence-corrected chi connectivity index (χ1v) is 9.21. The van der Waals surface area contributed by atoms with Crippen LogP contribution >= 0.6 is 0 Å². The summed E-state index contributed by atoms with van der Waals surface area (Å²) < 4.78 is 13.7. The van der Waals surface area contributed by atoms with E-state index in [-0.39, 0.29) is 30.3 Å². The second kappa shape index (κ2) is 8.32. The molecular formula is C19H26FN3O2. The topological polar surface area (TPSA) is 52.7 Å². The molecule has 0 unspecified atom stereocenters. The SMILES string of the molecule is O=C1CCCN1CC[C@@H]1CCCCN1C(=O)NCc1ccccc1F. The number of hydrogen-bond acceptors (Lipinski definition) is 2. The van der Waals surface area contributed by atoms with Crippen molar-refractivity contribution < 1.29 is 14.0 Å². The van der Waals surface area contributed by atoms with E-state index in [1.807, 2.05) is 9.80 Å². The lowest BCUT2D eigenvalue weighted by Crippen LogP contribution is -2.49. The summed E-state index contributed by atoms with van der Waals surface area (Å²) in [5, 5.41) is 2.84. The molecule has 2 heterocycles. The van der Waals surface area contributed by atoms with Gasteiger partial charge < -0.3 is 15.1 Å². The lowest BCUT2D eigenvalue weighted by Gasteiger charge is -2.36. The maximum Gasteiger partial charge on any atom is 0.317 e. The molecule has 3 rings (SSSR count). The van der Waals surface area contributed by atoms with Crippen molar-refractivity contribution in [2.24, 2.45) is 0 Å². The lowest BCUT2D eigenvalue weighted by molar-refractivity contribution is -0.127. The van der Waals surface area contributed by atoms with Crippen LogP contribution in [-0.4, -0.2) is 47.4 Å². The maximum absolute atomic E-state index is 13.7. The number of piperidine rings is 1. The lowest BCUT2D eigenvalue weighted by atomic mass is 9.99. The Morgan fingerprint density at radius 2 is 2.04 bits per heavy atom. The molecule has 0 spiro atoms. The number of nitrogens with one attached hydrogen (secondary N) is 1. The molecule has 0 bridgehead atoms. The highest BCUT2D eigenvalue weighted by molar-refractivity contribution is 5.78. The monoisotopic (exact) mass is 347 g/mol. The molecule has 0 saturated carbocycles. The third-order valence-electron chi connectivity index (χ3n) is 5.18. The van der Waals surface area contributed by atoms with Crippen molar-refractivity contribution in [3.63, 3.8) is 0 Å². The number of nitrogens with zero attached hydrogens (tertiary/aromatic N) is 2. The number of hydrogen-bond donors (Lipinski definition) is 1. The summed E-state index contributed by atoms with van der Waals surface area (Å²) in [6.07, 6.45) is 5.48. The highest BCUT2D eigenvalue weighted by Crippen LogP contribution is 2.21. The van der Waals surface area contributed by atoms with Crippen LogP contribution in [0.25, 0.3) is 0 Å². The number of amides is 3. The standard InChI is InChI=1S/C19H26FN3O2/c20-17-8-2-1-6-15(17)14-21-19(25)23-12-4-3-7-16(23)10-13-22-11-5-9-18(22)24/h1-2,6,8,16H,3-5,7,9-14H2,(H,21,25)/t16-/m0/s1. The van der Waals surface area contributed by atoms with Gasteiger partial charge in [0.25, 0.3) is 0 Å². The second-order valence-corrected chi connectivity index (χ2v) is 6.87. The van der Waals surface area contributed by atoms with Gasteiger partial charge in [-0.2, -0.15) is 0 Å². The fourth-order valence-electron chi connectivity index (χ4n) is 3.73. The number of carbonyl (C=O) groups is 2. The van der Waals surface area contributed by atoms with Crippen LogP contribution in [0.5, 0.6) is 0 Å². The number of benzene rings is 1. The van der Waals surface area contributed by atoms with Gasteiger partial charge in [-0.25, -0.2) is 9.18 Å². The molecule has 5 nitrogen and oxygen atoms in total. The molecule has 6 heteroatoms. The predicted molar refractivity (Wildman–Crippen MR) is 93.4 cm³/mol. The summed E-state index contributed by atoms with van der Waals surface area (Å²) in [6.45, 7) is 2.48. The van der Waals surface area contributed by atoms with E-state index in [2.05, 4.69) is 5.32 Å². The Morgan fingerprint density at radius 1 is 1.20 bits per heavy atom. The Bertz CT molecular complexity index is 622. The van der Waals surface area contributed by atoms with Crippen molar-refractivity contribution in [2.75, 3.05) is 19.6 Å². The molecule has 1 aromatic carbocycles. The second-order valence-electron chi connectivity index (χ2n) is 6.87. The molecule has 2 aliphatic heterocycles. The maximum atomic E-state index is 13.7. The van der Waals surface area contributed by atoms with Crippen molar-refractivity contribution in [1.29, 1.82) is 0 Å². The van der Waals surface area contributed by atoms with E-state index in [9.17, 15) is 14.0 Å². The highest BCUT2D eigenvalue weighted by atomic mass is 19.1. The van der Waals surface area contributed by atoms with Gasteiger partial charge >= 0.3 is 6.03 Å². The van der Waals surface area contributed by atoms with Crippen molar-refractivity contribution >= 4 is 11.9 Å². The van der Waals surface area contributed by atoms with Crippen molar-refractivity contribution in [1.82, 2.24) is 15.1 Å². The molecule has 25 heavy (non-hydrogen) atoms. The minimum atomic E-state index is -0.300. The first-order valence-electron chi connectivity index (χ1n) is 9.21. The van der Waals surface area contributed by atoms with Crippen LogP contribution in [0, 0.1) is 5.82 Å². The first kappa shape index (κ1) is 17.7. The van der Waals surface area contributed by atoms with Gasteiger partial charge in [-0.15, -0.1) is 0 Å². The molecule has 1 N–H and O–H groups in total. The molecule has 1 atom stereocenters. The van der Waals surface area contributed by atoms with Crippen LogP contribution in [-0.2, 0) is 11.3 Å². The van der Waals surface area contributed by atoms with Crippen LogP contribution in [0.2, 0.25) is 0 Å². The fraction of sp³-hybridized carbons (Fsp3) is 0.579. The minimum Gasteiger partial charge on any atom is -0.343 e. The summed E-state index contributed by atoms with van der Waals surface area (Å²) in [5.74, 6) is -0.0723. The molecule has 3 amide bonds. The van der Waals surface area contributed by atoms with Gasteiger partial charge in [-0.3, -0.25) is 4.79 Å². The van der Waals surface area contributed by atoms with Crippen LogP contribution in [0.4, 0.5) is 9.18 Å². The third-order valence-corrected chi connectivity index (χ3v) is 5.18. The molecule has 0 radical (unpaired) electrons. The highest BCUT2D eigenvalue weighted by Gasteiger charge is 2.28. The van der Waals surface area contributed by atoms with E-state index >= 15 is 0 Å². The van der Waals surface area contributed by atoms with E-state index in [4.69, 9.17) is 0 Å². The van der Waals surface area contributed by atoms with E-state index in [1.165, 1.54) is 6.07 Å². The third kappa shape index (κ3) is 4.50. The van der Waals surface area contributed by atoms with Crippen molar-refractivity contribution in [3.05, 3.63) is 35.6 Å². The predicted octanol–water partition coefficient (Wildman–Crippen LogP) is 2.90. The van der Waals surface area contributed by atoms with Crippen LogP contribution in [0.3, 0.4) is 0 Å². The molecule has 2 aliphatic rings. The van der Waals surface area contributed by atoms with Gasteiger partial charge in [0.1, 0.15) is 5.82 Å². The molecule has 2 saturated heterocycles. The average molecular weight is 347 g/mol. The fourth-order valence-corrected chi connectivity index (χ4v) is 3.73. The van der Waals surface area contributed by atoms with Gasteiger partial charge in [0.15, 0.2) is 0 Å². The number of rotatable bonds is 5. The minimum absolute atomic E-state index is 0.138. The van der Waals surface area contributed by atoms with Crippen LogP contribution < -0.4 is 5.32 Å². The normalized spacial score (nSPS) is 20.8. The molecule has 1 aromatic rings. The summed E-state index contributed by atoms with van der Waals surface area (Å²) in [5.41, 5.74) is 0.493. The summed E-state index contributed by atoms with van der Waals surface area (Å²) in [7, 11) is 0. The first-order chi connectivity index (χ1) is 12.1. The summed E-state index contributed by atoms with van der Waals surface area (Å²) >= 11 is 0. The molecule has 0 aliphatic carbocycles. The molecular weight excluding hydrogens is 321 g/mol. The van der Waals surface area contributed by atoms with Crippen molar-refractivity contribution in [3.8, 4) is 0 Å². The van der Waals surface area contributed by atoms with Gasteiger partial charge in [0, 0.05) is 44.2 Å². The Labute approximate surface area is 148 Å². The molecule has 0 aromatic heterocycles. The van der Waals surface area contributed by atoms with E-state index < -0.39 is 0 Å². The van der Waals surface area contributed by atoms with E-state index in [1.54, 1.807) is 18.2 Å². The number of halogens is 1. The molecule has 2 fully saturated rings. The van der Waals surface area contributed by atoms with Gasteiger partial charge in [-0.05, 0) is 38.2 Å². The van der Waals surface area contributed by atoms with Crippen LogP contribution in [0.15, 0.2) is 24.3 Å². The zero-order valence-corrected chi connectivity index (χ0v) is 14.5. The van der Waals surface area contributed by atoms with E-state index in [0.717, 1.165) is 51.7 Å². The number of urea groups is 1. The average Bonchev–Trinajstić information content (AvgIpc) is 3.04. The van der Waals surface area contributed by atoms with Gasteiger partial charge in [0.2, 0.25) is 5.91 Å². The largest absolute Gasteiger partial charge is 0.343 e. The van der Waals surface area contributed by atoms with Gasteiger partial charge in [0.05, 0.1) is 0 Å². The van der Waals surface area contributed by atoms with Crippen molar-refractivity contribution in [2.45, 2.75) is 51.1 Å².